The Hall–Kier alpha value is -2.63. The number of benzene rings is 3. The quantitative estimate of drug-likeness (QED) is 0.208. The minimum atomic E-state index is -0.592. The number of halogens is 4. The molecule has 0 bridgehead atoms. The van der Waals surface area contributed by atoms with Gasteiger partial charge in [0.1, 0.15) is 18.2 Å². The fraction of sp³-hybridized carbons (Fsp3) is 0.120. The van der Waals surface area contributed by atoms with Gasteiger partial charge >= 0.3 is 0 Å². The maximum absolute atomic E-state index is 14.2. The van der Waals surface area contributed by atoms with E-state index in [-0.39, 0.29) is 34.5 Å². The van der Waals surface area contributed by atoms with E-state index in [0.717, 1.165) is 16.7 Å². The first kappa shape index (κ1) is 25.5. The number of amides is 2. The summed E-state index contributed by atoms with van der Waals surface area (Å²) in [4.78, 5) is 26.5. The Morgan fingerprint density at radius 2 is 1.83 bits per heavy atom. The highest BCUT2D eigenvalue weighted by Gasteiger charge is 2.36. The molecule has 0 spiro atoms. The summed E-state index contributed by atoms with van der Waals surface area (Å²) in [6.45, 7) is -0.257. The third kappa shape index (κ3) is 5.62. The molecule has 0 N–H and O–H groups in total. The fourth-order valence-corrected chi connectivity index (χ4v) is 5.20. The first-order valence-corrected chi connectivity index (χ1v) is 12.5. The van der Waals surface area contributed by atoms with Gasteiger partial charge in [-0.2, -0.15) is 0 Å². The number of nitrogens with zero attached hydrogens (tertiary/aromatic N) is 1. The third-order valence-corrected chi connectivity index (χ3v) is 7.19. The highest BCUT2D eigenvalue weighted by Crippen LogP contribution is 2.38. The lowest BCUT2D eigenvalue weighted by Gasteiger charge is -2.15. The van der Waals surface area contributed by atoms with Crippen LogP contribution in [0.1, 0.15) is 16.7 Å². The van der Waals surface area contributed by atoms with Crippen LogP contribution in [-0.2, 0) is 17.9 Å². The van der Waals surface area contributed by atoms with E-state index in [1.54, 1.807) is 36.4 Å². The molecule has 4 rings (SSSR count). The highest BCUT2D eigenvalue weighted by molar-refractivity contribution is 14.1. The van der Waals surface area contributed by atoms with Crippen molar-refractivity contribution in [1.29, 1.82) is 0 Å². The van der Waals surface area contributed by atoms with Crippen LogP contribution in [0.5, 0.6) is 11.5 Å². The Kier molecular flexibility index (Phi) is 7.98. The zero-order valence-corrected chi connectivity index (χ0v) is 21.9. The molecule has 35 heavy (non-hydrogen) atoms. The smallest absolute Gasteiger partial charge is 0.293 e. The monoisotopic (exact) mass is 627 g/mol. The van der Waals surface area contributed by atoms with Crippen molar-refractivity contribution in [1.82, 2.24) is 4.90 Å². The topological polar surface area (TPSA) is 55.8 Å². The van der Waals surface area contributed by atoms with Crippen LogP contribution in [0, 0.1) is 15.2 Å². The summed E-state index contributed by atoms with van der Waals surface area (Å²) in [5.41, 5.74) is 1.07. The van der Waals surface area contributed by atoms with Gasteiger partial charge in [-0.3, -0.25) is 14.5 Å². The molecule has 0 saturated carbocycles. The molecule has 1 heterocycles. The number of thioether (sulfide) groups is 1. The van der Waals surface area contributed by atoms with Crippen molar-refractivity contribution in [3.8, 4) is 11.5 Å². The predicted molar refractivity (Wildman–Crippen MR) is 139 cm³/mol. The van der Waals surface area contributed by atoms with E-state index in [1.807, 2.05) is 0 Å². The van der Waals surface area contributed by atoms with Crippen molar-refractivity contribution in [2.45, 2.75) is 13.2 Å². The maximum Gasteiger partial charge on any atom is 0.293 e. The van der Waals surface area contributed by atoms with E-state index in [0.29, 0.717) is 26.2 Å². The van der Waals surface area contributed by atoms with Gasteiger partial charge in [0.25, 0.3) is 11.1 Å². The predicted octanol–water partition coefficient (Wildman–Crippen LogP) is 7.05. The van der Waals surface area contributed by atoms with E-state index in [2.05, 4.69) is 22.6 Å². The lowest BCUT2D eigenvalue weighted by molar-refractivity contribution is -0.123. The second-order valence-corrected chi connectivity index (χ2v) is 9.94. The summed E-state index contributed by atoms with van der Waals surface area (Å²) in [6.07, 6.45) is 1.55. The first-order chi connectivity index (χ1) is 16.8. The molecule has 2 amide bonds. The molecule has 1 aliphatic heterocycles. The molecular weight excluding hydrogens is 611 g/mol. The number of imide groups is 1. The number of carbonyl (C=O) groups is 2. The molecule has 0 atom stereocenters. The molecule has 1 fully saturated rings. The zero-order chi connectivity index (χ0) is 25.1. The molecule has 0 aliphatic carbocycles. The summed E-state index contributed by atoms with van der Waals surface area (Å²) in [7, 11) is 1.47. The summed E-state index contributed by atoms with van der Waals surface area (Å²) < 4.78 is 40.0. The van der Waals surface area contributed by atoms with E-state index in [9.17, 15) is 18.4 Å². The zero-order valence-electron chi connectivity index (χ0n) is 18.2. The molecule has 1 saturated heterocycles. The lowest BCUT2D eigenvalue weighted by atomic mass is 10.1. The number of rotatable bonds is 7. The second kappa shape index (κ2) is 11.0. The lowest BCUT2D eigenvalue weighted by Crippen LogP contribution is -2.28. The van der Waals surface area contributed by atoms with Crippen molar-refractivity contribution in [3.63, 3.8) is 0 Å². The Morgan fingerprint density at radius 1 is 1.09 bits per heavy atom. The van der Waals surface area contributed by atoms with Crippen LogP contribution in [0.15, 0.2) is 59.5 Å². The molecule has 3 aromatic carbocycles. The molecule has 0 unspecified atom stereocenters. The van der Waals surface area contributed by atoms with Gasteiger partial charge in [-0.15, -0.1) is 0 Å². The van der Waals surface area contributed by atoms with Crippen LogP contribution in [0.25, 0.3) is 6.08 Å². The Labute approximate surface area is 223 Å². The van der Waals surface area contributed by atoms with Crippen LogP contribution in [0.2, 0.25) is 5.02 Å². The molecule has 10 heteroatoms. The molecule has 5 nitrogen and oxygen atoms in total. The minimum absolute atomic E-state index is 0.00980. The van der Waals surface area contributed by atoms with Gasteiger partial charge in [0.2, 0.25) is 0 Å². The number of methoxy groups -OCH3 is 1. The third-order valence-electron chi connectivity index (χ3n) is 5.13. The SMILES string of the molecule is COc1cc(/C=C2/SC(=O)N(Cc3c(F)cccc3Cl)C2=O)cc(I)c1OCc1ccccc1F. The molecule has 1 aliphatic rings. The number of hydrogen-bond donors (Lipinski definition) is 0. The normalized spacial score (nSPS) is 14.7. The molecule has 180 valence electrons. The first-order valence-electron chi connectivity index (χ1n) is 10.2. The van der Waals surface area contributed by atoms with Crippen LogP contribution in [0.3, 0.4) is 0 Å². The highest BCUT2D eigenvalue weighted by atomic mass is 127. The van der Waals surface area contributed by atoms with Crippen LogP contribution < -0.4 is 9.47 Å². The van der Waals surface area contributed by atoms with E-state index < -0.39 is 17.0 Å². The van der Waals surface area contributed by atoms with Crippen molar-refractivity contribution in [2.24, 2.45) is 0 Å². The molecule has 3 aromatic rings. The summed E-state index contributed by atoms with van der Waals surface area (Å²) in [6, 6.07) is 13.9. The number of hydrogen-bond acceptors (Lipinski definition) is 5. The standard InChI is InChI=1S/C25H17ClF2INO4S/c1-33-21-10-14(9-20(29)23(21)34-13-15-5-2-3-7-18(15)27)11-22-24(31)30(25(32)35-22)12-16-17(26)6-4-8-19(16)28/h2-11H,12-13H2,1H3/b22-11+. The second-order valence-electron chi connectivity index (χ2n) is 7.38. The van der Waals surface area contributed by atoms with E-state index in [4.69, 9.17) is 21.1 Å². The van der Waals surface area contributed by atoms with Crippen LogP contribution >= 0.6 is 46.0 Å². The van der Waals surface area contributed by atoms with Gasteiger partial charge in [-0.05, 0) is 76.3 Å². The van der Waals surface area contributed by atoms with Crippen molar-refractivity contribution >= 4 is 63.2 Å². The van der Waals surface area contributed by atoms with Crippen molar-refractivity contribution < 1.29 is 27.8 Å². The van der Waals surface area contributed by atoms with Gasteiger partial charge in [0, 0.05) is 16.1 Å². The molecule has 0 aromatic heterocycles. The van der Waals surface area contributed by atoms with Gasteiger partial charge in [-0.1, -0.05) is 35.9 Å². The Morgan fingerprint density at radius 3 is 2.54 bits per heavy atom. The van der Waals surface area contributed by atoms with Gasteiger partial charge < -0.3 is 9.47 Å². The van der Waals surface area contributed by atoms with Gasteiger partial charge in [0.05, 0.1) is 22.1 Å². The van der Waals surface area contributed by atoms with E-state index >= 15 is 0 Å². The van der Waals surface area contributed by atoms with Gasteiger partial charge in [-0.25, -0.2) is 8.78 Å². The minimum Gasteiger partial charge on any atom is -0.493 e. The molecule has 0 radical (unpaired) electrons. The fourth-order valence-electron chi connectivity index (χ4n) is 3.36. The largest absolute Gasteiger partial charge is 0.493 e. The van der Waals surface area contributed by atoms with Crippen molar-refractivity contribution in [3.05, 3.63) is 96.4 Å². The average molecular weight is 628 g/mol. The van der Waals surface area contributed by atoms with Crippen LogP contribution in [0.4, 0.5) is 13.6 Å². The number of ether oxygens (including phenoxy) is 2. The summed E-state index contributed by atoms with van der Waals surface area (Å²) in [5, 5.41) is -0.384. The van der Waals surface area contributed by atoms with E-state index in [1.165, 1.54) is 31.4 Å². The maximum atomic E-state index is 14.2. The van der Waals surface area contributed by atoms with Crippen molar-refractivity contribution in [2.75, 3.05) is 7.11 Å². The summed E-state index contributed by atoms with van der Waals surface area (Å²) >= 11 is 8.86. The van der Waals surface area contributed by atoms with Gasteiger partial charge in [0.15, 0.2) is 11.5 Å². The van der Waals surface area contributed by atoms with Crippen LogP contribution in [-0.4, -0.2) is 23.2 Å². The number of carbonyl (C=O) groups excluding carboxylic acids is 2. The Balaban J connectivity index is 1.56. The Bertz CT molecular complexity index is 1330. The average Bonchev–Trinajstić information content (AvgIpc) is 3.08. The molecular formula is C25H17ClF2INO4S. The summed E-state index contributed by atoms with van der Waals surface area (Å²) in [5.74, 6) is -0.697.